The summed E-state index contributed by atoms with van der Waals surface area (Å²) in [4.78, 5) is 37.0. The Hall–Kier alpha value is -3.73. The lowest BCUT2D eigenvalue weighted by Gasteiger charge is -2.10. The van der Waals surface area contributed by atoms with E-state index in [-0.39, 0.29) is 0 Å². The van der Waals surface area contributed by atoms with Crippen molar-refractivity contribution in [2.75, 3.05) is 13.2 Å². The Labute approximate surface area is 364 Å². The second kappa shape index (κ2) is 23.3. The van der Waals surface area contributed by atoms with E-state index in [4.69, 9.17) is 14.5 Å². The number of hydrogen-bond acceptors (Lipinski definition) is 10. The minimum absolute atomic E-state index is 0.314. The maximum atomic E-state index is 13.6. The molecule has 0 amide bonds. The Bertz CT molecular complexity index is 2110. The van der Waals surface area contributed by atoms with Gasteiger partial charge in [0.05, 0.1) is 57.2 Å². The number of aryl methyl sites for hydroxylation is 2. The first kappa shape index (κ1) is 44.8. The highest BCUT2D eigenvalue weighted by Crippen LogP contribution is 2.50. The summed E-state index contributed by atoms with van der Waals surface area (Å²) in [5.41, 5.74) is 8.13. The Balaban J connectivity index is 1.16. The summed E-state index contributed by atoms with van der Waals surface area (Å²) in [5, 5.41) is 0. The van der Waals surface area contributed by atoms with Gasteiger partial charge in [-0.25, -0.2) is 14.6 Å². The van der Waals surface area contributed by atoms with E-state index in [1.165, 1.54) is 116 Å². The molecule has 3 aromatic heterocycles. The van der Waals surface area contributed by atoms with Crippen LogP contribution in [0.1, 0.15) is 185 Å². The van der Waals surface area contributed by atoms with Gasteiger partial charge in [0.15, 0.2) is 0 Å². The van der Waals surface area contributed by atoms with E-state index in [1.807, 2.05) is 0 Å². The van der Waals surface area contributed by atoms with E-state index >= 15 is 0 Å². The molecule has 0 atom stereocenters. The van der Waals surface area contributed by atoms with Crippen molar-refractivity contribution in [2.45, 2.75) is 156 Å². The summed E-state index contributed by atoms with van der Waals surface area (Å²) in [6, 6.07) is 13.7. The van der Waals surface area contributed by atoms with Crippen LogP contribution in [0.4, 0.5) is 5.69 Å². The molecule has 0 saturated carbocycles. The summed E-state index contributed by atoms with van der Waals surface area (Å²) >= 11 is 4.75. The van der Waals surface area contributed by atoms with Crippen molar-refractivity contribution in [2.24, 2.45) is 4.99 Å². The zero-order chi connectivity index (χ0) is 41.4. The van der Waals surface area contributed by atoms with Gasteiger partial charge >= 0.3 is 11.9 Å². The van der Waals surface area contributed by atoms with E-state index in [0.717, 1.165) is 82.4 Å². The van der Waals surface area contributed by atoms with Crippen molar-refractivity contribution < 1.29 is 19.1 Å². The number of unbranched alkanes of at least 4 members (excludes halogenated alkanes) is 18. The molecule has 2 aromatic carbocycles. The summed E-state index contributed by atoms with van der Waals surface area (Å²) < 4.78 is 20.8. The van der Waals surface area contributed by atoms with Crippen molar-refractivity contribution in [3.8, 4) is 20.2 Å². The second-order valence-corrected chi connectivity index (χ2v) is 19.0. The number of fused-ring (bicyclic) bond motifs is 4. The van der Waals surface area contributed by atoms with Crippen LogP contribution >= 0.6 is 34.4 Å². The van der Waals surface area contributed by atoms with Crippen LogP contribution in [-0.2, 0) is 9.47 Å². The zero-order valence-corrected chi connectivity index (χ0v) is 38.2. The average Bonchev–Trinajstić information content (AvgIpc) is 4.03. The fraction of sp³-hybridized carbons (Fsp3) is 0.531. The molecule has 316 valence electrons. The standard InChI is InChI=1S/C49H63N3O4S3/c1-5-7-9-11-13-15-17-19-21-23-27-55-48(53)36-30-37(49(54)56-28-24-22-20-18-16-14-12-10-8-6-2)32-38(31-36)50-44-40-29-35(4)57-46(40)47-41(44)33-42(58-47)39-26-25-34(3)43-45(39)52-59-51-43/h25-26,29-33H,5-24,27-28H2,1-4H3. The van der Waals surface area contributed by atoms with Gasteiger partial charge in [0, 0.05) is 26.4 Å². The van der Waals surface area contributed by atoms with Crippen LogP contribution in [0.25, 0.3) is 31.2 Å². The fourth-order valence-corrected chi connectivity index (χ4v) is 10.9. The number of aliphatic imine (C=N–C) groups is 1. The van der Waals surface area contributed by atoms with Gasteiger partial charge in [0.1, 0.15) is 11.0 Å². The summed E-state index contributed by atoms with van der Waals surface area (Å²) in [7, 11) is 0. The number of ether oxygens (including phenoxy) is 2. The minimum atomic E-state index is -0.441. The summed E-state index contributed by atoms with van der Waals surface area (Å²) in [5.74, 6) is -0.882. The number of aromatic nitrogens is 2. The van der Waals surface area contributed by atoms with Crippen LogP contribution in [0.2, 0.25) is 0 Å². The predicted molar refractivity (Wildman–Crippen MR) is 250 cm³/mol. The van der Waals surface area contributed by atoms with Crippen LogP contribution in [0, 0.1) is 13.8 Å². The molecule has 3 heterocycles. The minimum Gasteiger partial charge on any atom is -0.462 e. The molecule has 6 rings (SSSR count). The number of hydrogen-bond donors (Lipinski definition) is 0. The molecule has 10 heteroatoms. The number of nitrogens with zero attached hydrogens (tertiary/aromatic N) is 3. The van der Waals surface area contributed by atoms with Crippen molar-refractivity contribution in [3.63, 3.8) is 0 Å². The van der Waals surface area contributed by atoms with E-state index in [2.05, 4.69) is 60.7 Å². The molecule has 0 radical (unpaired) electrons. The number of carbonyl (C=O) groups excluding carboxylic acids is 2. The van der Waals surface area contributed by atoms with Gasteiger partial charge in [-0.1, -0.05) is 142 Å². The number of rotatable bonds is 26. The summed E-state index contributed by atoms with van der Waals surface area (Å²) in [6.07, 6.45) is 24.2. The van der Waals surface area contributed by atoms with Gasteiger partial charge in [-0.2, -0.15) is 8.75 Å². The number of thiophene rings is 2. The van der Waals surface area contributed by atoms with Crippen LogP contribution in [0.5, 0.6) is 0 Å². The molecule has 59 heavy (non-hydrogen) atoms. The highest BCUT2D eigenvalue weighted by molar-refractivity contribution is 7.25. The molecule has 5 aromatic rings. The molecule has 1 aliphatic carbocycles. The molecule has 0 fully saturated rings. The lowest BCUT2D eigenvalue weighted by molar-refractivity contribution is 0.0496. The molecule has 7 nitrogen and oxygen atoms in total. The average molecular weight is 854 g/mol. The Morgan fingerprint density at radius 2 is 1.05 bits per heavy atom. The number of esters is 2. The van der Waals surface area contributed by atoms with Crippen molar-refractivity contribution >= 4 is 68.8 Å². The van der Waals surface area contributed by atoms with Crippen LogP contribution in [-0.4, -0.2) is 39.6 Å². The monoisotopic (exact) mass is 853 g/mol. The van der Waals surface area contributed by atoms with Crippen molar-refractivity contribution in [1.82, 2.24) is 8.75 Å². The SMILES string of the molecule is CCCCCCCCCCCCOC(=O)c1cc(N=C2c3cc(C)sc3-c3sc(-c4ccc(C)c5nsnc45)cc32)cc(C(=O)OCCCCCCCCCCCC)c1. The van der Waals surface area contributed by atoms with E-state index in [1.54, 1.807) is 40.9 Å². The first-order chi connectivity index (χ1) is 28.9. The van der Waals surface area contributed by atoms with E-state index < -0.39 is 11.9 Å². The molecule has 0 spiro atoms. The Morgan fingerprint density at radius 1 is 0.559 bits per heavy atom. The number of carbonyl (C=O) groups is 2. The third kappa shape index (κ3) is 12.4. The van der Waals surface area contributed by atoms with Gasteiger partial charge in [-0.3, -0.25) is 0 Å². The van der Waals surface area contributed by atoms with Gasteiger partial charge in [-0.05, 0) is 62.6 Å². The van der Waals surface area contributed by atoms with Crippen molar-refractivity contribution in [3.05, 3.63) is 75.2 Å². The lowest BCUT2D eigenvalue weighted by Crippen LogP contribution is -2.11. The highest BCUT2D eigenvalue weighted by Gasteiger charge is 2.31. The topological polar surface area (TPSA) is 90.7 Å². The second-order valence-electron chi connectivity index (χ2n) is 16.2. The molecule has 0 unspecified atom stereocenters. The summed E-state index contributed by atoms with van der Waals surface area (Å²) in [6.45, 7) is 9.39. The first-order valence-corrected chi connectivity index (χ1v) is 24.8. The smallest absolute Gasteiger partial charge is 0.338 e. The molecule has 1 aliphatic rings. The van der Waals surface area contributed by atoms with Crippen LogP contribution in [0.15, 0.2) is 47.5 Å². The van der Waals surface area contributed by atoms with Crippen LogP contribution in [0.3, 0.4) is 0 Å². The maximum absolute atomic E-state index is 13.6. The molecular formula is C49H63N3O4S3. The lowest BCUT2D eigenvalue weighted by atomic mass is 10.1. The Kier molecular flexibility index (Phi) is 17.7. The van der Waals surface area contributed by atoms with Gasteiger partial charge in [0.2, 0.25) is 0 Å². The molecule has 0 aliphatic heterocycles. The quantitative estimate of drug-likeness (QED) is 0.0399. The fourth-order valence-electron chi connectivity index (χ4n) is 7.90. The third-order valence-corrected chi connectivity index (χ3v) is 14.2. The normalized spacial score (nSPS) is 12.7. The highest BCUT2D eigenvalue weighted by atomic mass is 32.1. The van der Waals surface area contributed by atoms with E-state index in [9.17, 15) is 9.59 Å². The largest absolute Gasteiger partial charge is 0.462 e. The number of benzene rings is 2. The maximum Gasteiger partial charge on any atom is 0.338 e. The molecular weight excluding hydrogens is 791 g/mol. The zero-order valence-electron chi connectivity index (χ0n) is 35.8. The van der Waals surface area contributed by atoms with Gasteiger partial charge in [0.25, 0.3) is 0 Å². The molecule has 0 bridgehead atoms. The Morgan fingerprint density at radius 3 is 1.61 bits per heavy atom. The molecule has 0 N–H and O–H groups in total. The molecule has 0 saturated heterocycles. The van der Waals surface area contributed by atoms with E-state index in [0.29, 0.717) is 30.0 Å². The van der Waals surface area contributed by atoms with Crippen LogP contribution < -0.4 is 0 Å². The van der Waals surface area contributed by atoms with Gasteiger partial charge < -0.3 is 9.47 Å². The van der Waals surface area contributed by atoms with Crippen molar-refractivity contribution in [1.29, 1.82) is 0 Å². The first-order valence-electron chi connectivity index (χ1n) is 22.4. The van der Waals surface area contributed by atoms with Gasteiger partial charge in [-0.15, -0.1) is 22.7 Å². The third-order valence-electron chi connectivity index (χ3n) is 11.3. The predicted octanol–water partition coefficient (Wildman–Crippen LogP) is 15.4.